The van der Waals surface area contributed by atoms with Crippen LogP contribution in [0.3, 0.4) is 0 Å². The van der Waals surface area contributed by atoms with Crippen LogP contribution in [-0.4, -0.2) is 21.8 Å². The lowest BCUT2D eigenvalue weighted by atomic mass is 9.89. The first-order chi connectivity index (χ1) is 6.78. The molecule has 0 fully saturated rings. The van der Waals surface area contributed by atoms with E-state index in [0.29, 0.717) is 5.71 Å². The lowest BCUT2D eigenvalue weighted by Gasteiger charge is -2.19. The summed E-state index contributed by atoms with van der Waals surface area (Å²) in [6.07, 6.45) is 5.12. The molecule has 0 amide bonds. The van der Waals surface area contributed by atoms with Crippen LogP contribution in [0, 0.1) is 0 Å². The lowest BCUT2D eigenvalue weighted by Crippen LogP contribution is -2.30. The van der Waals surface area contributed by atoms with Gasteiger partial charge >= 0.3 is 5.71 Å². The average Bonchev–Trinajstić information content (AvgIpc) is 2.26. The largest absolute Gasteiger partial charge is 0.361 e. The van der Waals surface area contributed by atoms with Crippen LogP contribution in [0.2, 0.25) is 0 Å². The summed E-state index contributed by atoms with van der Waals surface area (Å²) in [5.41, 5.74) is 13.7. The molecule has 1 unspecified atom stereocenters. The van der Waals surface area contributed by atoms with Crippen LogP contribution in [0.25, 0.3) is 5.53 Å². The van der Waals surface area contributed by atoms with Gasteiger partial charge in [0.15, 0.2) is 0 Å². The van der Waals surface area contributed by atoms with Crippen LogP contribution >= 0.6 is 0 Å². The van der Waals surface area contributed by atoms with Crippen LogP contribution < -0.4 is 5.48 Å². The van der Waals surface area contributed by atoms with Crippen molar-refractivity contribution < 1.29 is 10.00 Å². The number of hydrogen-bond acceptors (Lipinski definition) is 2. The Morgan fingerprint density at radius 1 is 1.50 bits per heavy atom. The van der Waals surface area contributed by atoms with Crippen molar-refractivity contribution in [3.63, 3.8) is 0 Å². The van der Waals surface area contributed by atoms with Crippen molar-refractivity contribution in [2.24, 2.45) is 0 Å². The number of nitrogens with one attached hydrogen (secondary N) is 1. The van der Waals surface area contributed by atoms with Crippen LogP contribution in [0.4, 0.5) is 0 Å². The Bertz CT molecular complexity index is 324. The summed E-state index contributed by atoms with van der Waals surface area (Å²) in [7, 11) is 0. The summed E-state index contributed by atoms with van der Waals surface area (Å²) in [5.74, 6) is 0. The molecule has 2 N–H and O–H groups in total. The highest BCUT2D eigenvalue weighted by Crippen LogP contribution is 2.22. The van der Waals surface area contributed by atoms with E-state index in [1.807, 2.05) is 13.8 Å². The minimum Gasteiger partial charge on any atom is -0.361 e. The van der Waals surface area contributed by atoms with Gasteiger partial charge in [0.1, 0.15) is 0 Å². The molecule has 1 aliphatic carbocycles. The van der Waals surface area contributed by atoms with Crippen LogP contribution in [0.5, 0.6) is 0 Å². The van der Waals surface area contributed by atoms with Crippen molar-refractivity contribution in [2.45, 2.75) is 32.7 Å². The Morgan fingerprint density at radius 3 is 2.64 bits per heavy atom. The molecule has 0 saturated carbocycles. The zero-order valence-electron chi connectivity index (χ0n) is 8.49. The first kappa shape index (κ1) is 10.9. The second-order valence-corrected chi connectivity index (χ2v) is 3.16. The molecule has 1 rings (SSSR count). The van der Waals surface area contributed by atoms with Gasteiger partial charge in [0, 0.05) is 11.6 Å². The predicted molar refractivity (Wildman–Crippen MR) is 54.1 cm³/mol. The molecule has 0 radical (unpaired) electrons. The molecule has 0 heterocycles. The Morgan fingerprint density at radius 2 is 2.21 bits per heavy atom. The molecule has 0 aliphatic heterocycles. The summed E-state index contributed by atoms with van der Waals surface area (Å²) in [6.45, 7) is 4.02. The van der Waals surface area contributed by atoms with E-state index >= 15 is 0 Å². The highest BCUT2D eigenvalue weighted by atomic mass is 16.5. The molecule has 0 aromatic rings. The molecule has 1 atom stereocenters. The third-order valence-electron chi connectivity index (χ3n) is 2.50. The molecule has 0 saturated heterocycles. The van der Waals surface area contributed by atoms with Crippen molar-refractivity contribution >= 4 is 5.71 Å². The number of rotatable bonds is 3. The maximum Gasteiger partial charge on any atom is 0.318 e. The van der Waals surface area contributed by atoms with E-state index in [0.717, 1.165) is 24.0 Å². The minimum absolute atomic E-state index is 0.152. The Kier molecular flexibility index (Phi) is 3.77. The van der Waals surface area contributed by atoms with E-state index in [1.165, 1.54) is 0 Å². The van der Waals surface area contributed by atoms with Gasteiger partial charge in [-0.05, 0) is 18.4 Å². The van der Waals surface area contributed by atoms with Gasteiger partial charge in [-0.3, -0.25) is 0 Å². The van der Waals surface area contributed by atoms with E-state index in [9.17, 15) is 0 Å². The molecule has 4 nitrogen and oxygen atoms in total. The van der Waals surface area contributed by atoms with E-state index in [1.54, 1.807) is 12.2 Å². The van der Waals surface area contributed by atoms with Gasteiger partial charge in [-0.2, -0.15) is 10.3 Å². The van der Waals surface area contributed by atoms with Gasteiger partial charge in [-0.1, -0.05) is 19.9 Å². The molecule has 0 aromatic carbocycles. The standard InChI is InChI=1S/C10H15N3O/c1-3-7-8(4-2)10(13-14)6-5-9(7)12-11/h5-6,10,13-14H,3-4H2,1-2H3. The smallest absolute Gasteiger partial charge is 0.318 e. The van der Waals surface area contributed by atoms with E-state index in [4.69, 9.17) is 10.7 Å². The van der Waals surface area contributed by atoms with Gasteiger partial charge in [0.25, 0.3) is 0 Å². The van der Waals surface area contributed by atoms with Crippen molar-refractivity contribution in [3.05, 3.63) is 28.8 Å². The molecule has 14 heavy (non-hydrogen) atoms. The van der Waals surface area contributed by atoms with Crippen LogP contribution in [0.15, 0.2) is 23.3 Å². The molecule has 0 aromatic heterocycles. The molecular formula is C10H15N3O. The summed E-state index contributed by atoms with van der Waals surface area (Å²) in [4.78, 5) is 3.23. The topological polar surface area (TPSA) is 68.7 Å². The summed E-state index contributed by atoms with van der Waals surface area (Å²) in [5, 5.41) is 8.93. The normalized spacial score (nSPS) is 21.4. The second kappa shape index (κ2) is 4.86. The molecule has 4 heteroatoms. The zero-order chi connectivity index (χ0) is 10.6. The maximum atomic E-state index is 8.93. The fourth-order valence-electron chi connectivity index (χ4n) is 1.81. The summed E-state index contributed by atoms with van der Waals surface area (Å²) in [6, 6.07) is -0.152. The van der Waals surface area contributed by atoms with Crippen molar-refractivity contribution in [1.82, 2.24) is 5.48 Å². The molecule has 0 bridgehead atoms. The highest BCUT2D eigenvalue weighted by molar-refractivity contribution is 6.06. The maximum absolute atomic E-state index is 8.93. The lowest BCUT2D eigenvalue weighted by molar-refractivity contribution is -0.00311. The summed E-state index contributed by atoms with van der Waals surface area (Å²) < 4.78 is 0. The third-order valence-corrected chi connectivity index (χ3v) is 2.50. The number of nitrogens with zero attached hydrogens (tertiary/aromatic N) is 2. The van der Waals surface area contributed by atoms with Gasteiger partial charge in [0.2, 0.25) is 0 Å². The SMILES string of the molecule is CCC1=C(CC)C(NO)C=CC1=[N+]=[N-]. The quantitative estimate of drug-likeness (QED) is 0.407. The number of hydrogen-bond donors (Lipinski definition) is 2. The zero-order valence-corrected chi connectivity index (χ0v) is 8.49. The van der Waals surface area contributed by atoms with Gasteiger partial charge in [0.05, 0.1) is 6.04 Å². The Hall–Kier alpha value is -1.22. The molecule has 76 valence electrons. The molecule has 1 aliphatic rings. The molecule has 0 spiro atoms. The van der Waals surface area contributed by atoms with Gasteiger partial charge < -0.3 is 10.7 Å². The minimum atomic E-state index is -0.152. The van der Waals surface area contributed by atoms with Crippen LogP contribution in [0.1, 0.15) is 26.7 Å². The highest BCUT2D eigenvalue weighted by Gasteiger charge is 2.24. The van der Waals surface area contributed by atoms with E-state index in [-0.39, 0.29) is 6.04 Å². The van der Waals surface area contributed by atoms with Gasteiger partial charge in [-0.15, -0.1) is 0 Å². The first-order valence-corrected chi connectivity index (χ1v) is 4.80. The predicted octanol–water partition coefficient (Wildman–Crippen LogP) is 1.69. The fraction of sp³-hybridized carbons (Fsp3) is 0.500. The average molecular weight is 193 g/mol. The van der Waals surface area contributed by atoms with Crippen molar-refractivity contribution in [1.29, 1.82) is 0 Å². The van der Waals surface area contributed by atoms with Gasteiger partial charge in [-0.25, -0.2) is 0 Å². The molecular weight excluding hydrogens is 178 g/mol. The monoisotopic (exact) mass is 193 g/mol. The van der Waals surface area contributed by atoms with Crippen molar-refractivity contribution in [2.75, 3.05) is 0 Å². The van der Waals surface area contributed by atoms with Crippen LogP contribution in [-0.2, 0) is 0 Å². The fourth-order valence-corrected chi connectivity index (χ4v) is 1.81. The van der Waals surface area contributed by atoms with Crippen molar-refractivity contribution in [3.8, 4) is 0 Å². The van der Waals surface area contributed by atoms with E-state index < -0.39 is 0 Å². The van der Waals surface area contributed by atoms with E-state index in [2.05, 4.69) is 10.3 Å². The second-order valence-electron chi connectivity index (χ2n) is 3.16. The third kappa shape index (κ3) is 1.82. The summed E-state index contributed by atoms with van der Waals surface area (Å²) >= 11 is 0. The Balaban J connectivity index is 3.16. The first-order valence-electron chi connectivity index (χ1n) is 4.80. The Labute approximate surface area is 83.5 Å². The number of hydroxylamine groups is 1. The number of allylic oxidation sites excluding steroid dienone is 2.